The second kappa shape index (κ2) is 6.96. The van der Waals surface area contributed by atoms with Gasteiger partial charge in [-0.1, -0.05) is 0 Å². The Balaban J connectivity index is 1.48. The molecule has 2 aromatic heterocycles. The molecule has 136 valence electrons. The molecule has 2 atom stereocenters. The van der Waals surface area contributed by atoms with Crippen LogP contribution in [0.5, 0.6) is 0 Å². The van der Waals surface area contributed by atoms with Crippen molar-refractivity contribution in [1.29, 1.82) is 0 Å². The quantitative estimate of drug-likeness (QED) is 0.759. The Morgan fingerprint density at radius 3 is 3.00 bits per heavy atom. The van der Waals surface area contributed by atoms with Crippen molar-refractivity contribution in [1.82, 2.24) is 25.0 Å². The van der Waals surface area contributed by atoms with Gasteiger partial charge in [0.25, 0.3) is 5.91 Å². The van der Waals surface area contributed by atoms with E-state index in [0.29, 0.717) is 18.0 Å². The monoisotopic (exact) mass is 351 g/mol. The van der Waals surface area contributed by atoms with Gasteiger partial charge in [-0.2, -0.15) is 5.10 Å². The van der Waals surface area contributed by atoms with E-state index in [9.17, 15) is 4.79 Å². The number of aromatic amines is 1. The van der Waals surface area contributed by atoms with Gasteiger partial charge in [0.15, 0.2) is 0 Å². The number of rotatable bonds is 4. The van der Waals surface area contributed by atoms with E-state index in [2.05, 4.69) is 33.4 Å². The van der Waals surface area contributed by atoms with Crippen LogP contribution in [-0.2, 0) is 7.05 Å². The van der Waals surface area contributed by atoms with Crippen LogP contribution in [0, 0.1) is 5.92 Å². The lowest BCUT2D eigenvalue weighted by Gasteiger charge is -2.39. The standard InChI is InChI=1S/C20H25N5O/c1-24-11-3-4-16(19(24)18-8-10-23-25(18)2)13-22-20(26)15-5-6-17-14(12-15)7-9-21-17/h5-10,12,16,19,21H,3-4,11,13H2,1-2H3,(H,22,26)/t16-,19+/m0/s1. The second-order valence-electron chi connectivity index (χ2n) is 7.20. The number of nitrogens with zero attached hydrogens (tertiary/aromatic N) is 3. The third kappa shape index (κ3) is 3.12. The first-order chi connectivity index (χ1) is 12.6. The van der Waals surface area contributed by atoms with E-state index >= 15 is 0 Å². The highest BCUT2D eigenvalue weighted by molar-refractivity contribution is 5.98. The number of carbonyl (C=O) groups excluding carboxylic acids is 1. The number of aryl methyl sites for hydroxylation is 1. The number of piperidine rings is 1. The number of hydrogen-bond donors (Lipinski definition) is 2. The van der Waals surface area contributed by atoms with Gasteiger partial charge in [-0.3, -0.25) is 14.4 Å². The summed E-state index contributed by atoms with van der Waals surface area (Å²) >= 11 is 0. The molecule has 0 radical (unpaired) electrons. The molecule has 1 aliphatic rings. The second-order valence-corrected chi connectivity index (χ2v) is 7.20. The zero-order valence-electron chi connectivity index (χ0n) is 15.3. The Kier molecular flexibility index (Phi) is 4.51. The molecule has 6 heteroatoms. The first-order valence-electron chi connectivity index (χ1n) is 9.17. The van der Waals surface area contributed by atoms with Gasteiger partial charge in [0.2, 0.25) is 0 Å². The normalized spacial score (nSPS) is 21.2. The highest BCUT2D eigenvalue weighted by Crippen LogP contribution is 2.34. The fourth-order valence-electron chi connectivity index (χ4n) is 4.14. The summed E-state index contributed by atoms with van der Waals surface area (Å²) in [5.74, 6) is 0.370. The summed E-state index contributed by atoms with van der Waals surface area (Å²) in [5.41, 5.74) is 2.96. The van der Waals surface area contributed by atoms with Crippen molar-refractivity contribution in [3.8, 4) is 0 Å². The molecule has 3 heterocycles. The molecule has 3 aromatic rings. The van der Waals surface area contributed by atoms with Gasteiger partial charge in [0.05, 0.1) is 11.7 Å². The average molecular weight is 351 g/mol. The van der Waals surface area contributed by atoms with Crippen molar-refractivity contribution >= 4 is 16.8 Å². The summed E-state index contributed by atoms with van der Waals surface area (Å²) in [6.45, 7) is 1.74. The predicted molar refractivity (Wildman–Crippen MR) is 102 cm³/mol. The Labute approximate surface area is 153 Å². The van der Waals surface area contributed by atoms with E-state index < -0.39 is 0 Å². The maximum Gasteiger partial charge on any atom is 0.251 e. The molecule has 0 unspecified atom stereocenters. The molecule has 26 heavy (non-hydrogen) atoms. The number of carbonyl (C=O) groups is 1. The van der Waals surface area contributed by atoms with Crippen LogP contribution in [0.2, 0.25) is 0 Å². The number of hydrogen-bond acceptors (Lipinski definition) is 3. The van der Waals surface area contributed by atoms with Crippen molar-refractivity contribution in [2.45, 2.75) is 18.9 Å². The lowest BCUT2D eigenvalue weighted by molar-refractivity contribution is 0.0880. The van der Waals surface area contributed by atoms with Gasteiger partial charge in [0, 0.05) is 42.5 Å². The summed E-state index contributed by atoms with van der Waals surface area (Å²) < 4.78 is 1.95. The molecule has 1 amide bonds. The Hall–Kier alpha value is -2.60. The van der Waals surface area contributed by atoms with Crippen LogP contribution in [0.15, 0.2) is 42.7 Å². The van der Waals surface area contributed by atoms with Crippen molar-refractivity contribution in [2.75, 3.05) is 20.1 Å². The molecule has 4 rings (SSSR count). The molecule has 6 nitrogen and oxygen atoms in total. The lowest BCUT2D eigenvalue weighted by atomic mass is 9.87. The molecule has 0 aliphatic carbocycles. The third-order valence-corrected chi connectivity index (χ3v) is 5.51. The predicted octanol–water partition coefficient (Wildman–Crippen LogP) is 2.71. The van der Waals surface area contributed by atoms with E-state index in [-0.39, 0.29) is 11.9 Å². The summed E-state index contributed by atoms with van der Waals surface area (Å²) in [6.07, 6.45) is 6.00. The van der Waals surface area contributed by atoms with Crippen LogP contribution < -0.4 is 5.32 Å². The van der Waals surface area contributed by atoms with Gasteiger partial charge in [-0.15, -0.1) is 0 Å². The first kappa shape index (κ1) is 16.8. The largest absolute Gasteiger partial charge is 0.361 e. The summed E-state index contributed by atoms with van der Waals surface area (Å²) in [7, 11) is 4.14. The Morgan fingerprint density at radius 1 is 1.31 bits per heavy atom. The third-order valence-electron chi connectivity index (χ3n) is 5.51. The van der Waals surface area contributed by atoms with E-state index in [1.165, 1.54) is 5.69 Å². The number of amides is 1. The van der Waals surface area contributed by atoms with Crippen molar-refractivity contribution in [3.63, 3.8) is 0 Å². The molecule has 0 spiro atoms. The highest BCUT2D eigenvalue weighted by atomic mass is 16.1. The Morgan fingerprint density at radius 2 is 2.19 bits per heavy atom. The summed E-state index contributed by atoms with van der Waals surface area (Å²) in [5, 5.41) is 8.54. The van der Waals surface area contributed by atoms with Gasteiger partial charge < -0.3 is 10.3 Å². The molecule has 1 aliphatic heterocycles. The number of benzene rings is 1. The molecular weight excluding hydrogens is 326 g/mol. The van der Waals surface area contributed by atoms with Gasteiger partial charge >= 0.3 is 0 Å². The summed E-state index contributed by atoms with van der Waals surface area (Å²) in [6, 6.07) is 10.1. The van der Waals surface area contributed by atoms with Crippen molar-refractivity contribution in [3.05, 3.63) is 54.0 Å². The zero-order valence-corrected chi connectivity index (χ0v) is 15.3. The maximum atomic E-state index is 12.6. The smallest absolute Gasteiger partial charge is 0.251 e. The molecular formula is C20H25N5O. The minimum Gasteiger partial charge on any atom is -0.361 e. The van der Waals surface area contributed by atoms with Crippen LogP contribution in [0.1, 0.15) is 34.9 Å². The fourth-order valence-corrected chi connectivity index (χ4v) is 4.14. The average Bonchev–Trinajstić information content (AvgIpc) is 3.27. The molecule has 1 aromatic carbocycles. The van der Waals surface area contributed by atoms with Gasteiger partial charge in [-0.25, -0.2) is 0 Å². The highest BCUT2D eigenvalue weighted by Gasteiger charge is 2.32. The number of nitrogens with one attached hydrogen (secondary N) is 2. The van der Waals surface area contributed by atoms with Gasteiger partial charge in [0.1, 0.15) is 0 Å². The number of H-pyrrole nitrogens is 1. The van der Waals surface area contributed by atoms with Crippen LogP contribution in [0.25, 0.3) is 10.9 Å². The SMILES string of the molecule is CN1CCC[C@@H](CNC(=O)c2ccc3[nH]ccc3c2)[C@@H]1c1ccnn1C. The number of likely N-dealkylation sites (tertiary alicyclic amines) is 1. The van der Waals surface area contributed by atoms with E-state index in [1.807, 2.05) is 48.4 Å². The maximum absolute atomic E-state index is 12.6. The molecule has 1 fully saturated rings. The van der Waals surface area contributed by atoms with Gasteiger partial charge in [-0.05, 0) is 62.7 Å². The lowest BCUT2D eigenvalue weighted by Crippen LogP contribution is -2.42. The summed E-state index contributed by atoms with van der Waals surface area (Å²) in [4.78, 5) is 18.2. The van der Waals surface area contributed by atoms with Crippen LogP contribution in [0.3, 0.4) is 0 Å². The topological polar surface area (TPSA) is 66.0 Å². The van der Waals surface area contributed by atoms with E-state index in [1.54, 1.807) is 0 Å². The van der Waals surface area contributed by atoms with E-state index in [0.717, 1.165) is 30.3 Å². The molecule has 0 bridgehead atoms. The number of aromatic nitrogens is 3. The van der Waals surface area contributed by atoms with Crippen LogP contribution in [-0.4, -0.2) is 45.7 Å². The van der Waals surface area contributed by atoms with Crippen molar-refractivity contribution < 1.29 is 4.79 Å². The minimum atomic E-state index is -0.00918. The van der Waals surface area contributed by atoms with E-state index in [4.69, 9.17) is 0 Å². The van der Waals surface area contributed by atoms with Crippen LogP contribution in [0.4, 0.5) is 0 Å². The van der Waals surface area contributed by atoms with Crippen molar-refractivity contribution in [2.24, 2.45) is 13.0 Å². The Bertz CT molecular complexity index is 912. The molecule has 1 saturated heterocycles. The fraction of sp³-hybridized carbons (Fsp3) is 0.400. The molecule has 2 N–H and O–H groups in total. The van der Waals surface area contributed by atoms with Crippen LogP contribution >= 0.6 is 0 Å². The number of fused-ring (bicyclic) bond motifs is 1. The molecule has 0 saturated carbocycles. The minimum absolute atomic E-state index is 0.00918. The first-order valence-corrected chi connectivity index (χ1v) is 9.17. The zero-order chi connectivity index (χ0) is 18.1.